The molecule has 1 aliphatic heterocycles. The van der Waals surface area contributed by atoms with Crippen LogP contribution in [0.1, 0.15) is 13.3 Å². The smallest absolute Gasteiger partial charge is 0.319 e. The topological polar surface area (TPSA) is 38.8 Å². The second kappa shape index (κ2) is 5.98. The van der Waals surface area contributed by atoms with Crippen molar-refractivity contribution in [3.05, 3.63) is 0 Å². The first-order chi connectivity index (χ1) is 6.76. The standard InChI is InChI=1S/C10H19NO3/c1-3-11(7-10(12)13-2)6-9-4-5-14-8-9/h9H,3-8H2,1-2H3. The molecule has 1 atom stereocenters. The fourth-order valence-corrected chi connectivity index (χ4v) is 1.65. The normalized spacial score (nSPS) is 21.5. The van der Waals surface area contributed by atoms with E-state index in [0.29, 0.717) is 12.5 Å². The van der Waals surface area contributed by atoms with Crippen molar-refractivity contribution >= 4 is 5.97 Å². The van der Waals surface area contributed by atoms with Gasteiger partial charge in [0.2, 0.25) is 0 Å². The van der Waals surface area contributed by atoms with Crippen LogP contribution in [0, 0.1) is 5.92 Å². The van der Waals surface area contributed by atoms with Crippen LogP contribution in [0.15, 0.2) is 0 Å². The fraction of sp³-hybridized carbons (Fsp3) is 0.900. The molecule has 4 heteroatoms. The summed E-state index contributed by atoms with van der Waals surface area (Å²) in [6.45, 7) is 5.96. The summed E-state index contributed by atoms with van der Waals surface area (Å²) in [5.41, 5.74) is 0. The molecule has 0 aromatic rings. The Morgan fingerprint density at radius 1 is 1.64 bits per heavy atom. The molecular weight excluding hydrogens is 182 g/mol. The molecule has 0 saturated carbocycles. The molecule has 14 heavy (non-hydrogen) atoms. The van der Waals surface area contributed by atoms with Crippen molar-refractivity contribution in [2.75, 3.05) is 40.0 Å². The highest BCUT2D eigenvalue weighted by Crippen LogP contribution is 2.13. The van der Waals surface area contributed by atoms with Gasteiger partial charge in [-0.05, 0) is 18.9 Å². The molecule has 1 heterocycles. The molecule has 1 fully saturated rings. The van der Waals surface area contributed by atoms with Gasteiger partial charge in [0.05, 0.1) is 20.3 Å². The summed E-state index contributed by atoms with van der Waals surface area (Å²) in [5, 5.41) is 0. The Hall–Kier alpha value is -0.610. The number of likely N-dealkylation sites (N-methyl/N-ethyl adjacent to an activating group) is 1. The van der Waals surface area contributed by atoms with E-state index in [-0.39, 0.29) is 5.97 Å². The number of carbonyl (C=O) groups excluding carboxylic acids is 1. The summed E-state index contributed by atoms with van der Waals surface area (Å²) in [6, 6.07) is 0. The number of rotatable bonds is 5. The van der Waals surface area contributed by atoms with E-state index >= 15 is 0 Å². The lowest BCUT2D eigenvalue weighted by Gasteiger charge is -2.21. The Kier molecular flexibility index (Phi) is 4.90. The second-order valence-corrected chi connectivity index (χ2v) is 3.63. The maximum absolute atomic E-state index is 11.1. The molecule has 0 bridgehead atoms. The number of hydrogen-bond acceptors (Lipinski definition) is 4. The Morgan fingerprint density at radius 2 is 2.43 bits per heavy atom. The Balaban J connectivity index is 2.26. The van der Waals surface area contributed by atoms with Gasteiger partial charge >= 0.3 is 5.97 Å². The lowest BCUT2D eigenvalue weighted by molar-refractivity contribution is -0.142. The highest BCUT2D eigenvalue weighted by Gasteiger charge is 2.19. The summed E-state index contributed by atoms with van der Waals surface area (Å²) >= 11 is 0. The molecule has 1 rings (SSSR count). The highest BCUT2D eigenvalue weighted by molar-refractivity contribution is 5.71. The molecule has 1 saturated heterocycles. The van der Waals surface area contributed by atoms with Crippen molar-refractivity contribution in [1.29, 1.82) is 0 Å². The lowest BCUT2D eigenvalue weighted by atomic mass is 10.1. The third-order valence-corrected chi connectivity index (χ3v) is 2.57. The molecule has 0 amide bonds. The van der Waals surface area contributed by atoms with Gasteiger partial charge in [0, 0.05) is 13.2 Å². The zero-order valence-corrected chi connectivity index (χ0v) is 8.99. The zero-order chi connectivity index (χ0) is 10.4. The van der Waals surface area contributed by atoms with Gasteiger partial charge in [-0.3, -0.25) is 9.69 Å². The minimum atomic E-state index is -0.161. The second-order valence-electron chi connectivity index (χ2n) is 3.63. The number of ether oxygens (including phenoxy) is 2. The van der Waals surface area contributed by atoms with E-state index in [0.717, 1.165) is 32.7 Å². The van der Waals surface area contributed by atoms with Crippen LogP contribution < -0.4 is 0 Å². The third-order valence-electron chi connectivity index (χ3n) is 2.57. The first-order valence-electron chi connectivity index (χ1n) is 5.13. The summed E-state index contributed by atoms with van der Waals surface area (Å²) < 4.78 is 9.93. The van der Waals surface area contributed by atoms with E-state index in [2.05, 4.69) is 16.6 Å². The van der Waals surface area contributed by atoms with Crippen LogP contribution in [-0.4, -0.2) is 50.8 Å². The van der Waals surface area contributed by atoms with Gasteiger partial charge in [-0.2, -0.15) is 0 Å². The van der Waals surface area contributed by atoms with Crippen LogP contribution in [-0.2, 0) is 14.3 Å². The Labute approximate surface area is 85.2 Å². The summed E-state index contributed by atoms with van der Waals surface area (Å²) in [4.78, 5) is 13.2. The minimum Gasteiger partial charge on any atom is -0.468 e. The molecule has 0 N–H and O–H groups in total. The molecule has 1 unspecified atom stereocenters. The molecular formula is C10H19NO3. The van der Waals surface area contributed by atoms with Gasteiger partial charge in [-0.25, -0.2) is 0 Å². The fourth-order valence-electron chi connectivity index (χ4n) is 1.65. The predicted molar refractivity (Wildman–Crippen MR) is 53.1 cm³/mol. The largest absolute Gasteiger partial charge is 0.468 e. The molecule has 0 spiro atoms. The van der Waals surface area contributed by atoms with E-state index in [1.807, 2.05) is 0 Å². The van der Waals surface area contributed by atoms with Crippen LogP contribution in [0.3, 0.4) is 0 Å². The maximum atomic E-state index is 11.1. The van der Waals surface area contributed by atoms with E-state index in [1.165, 1.54) is 7.11 Å². The van der Waals surface area contributed by atoms with Gasteiger partial charge in [0.1, 0.15) is 0 Å². The van der Waals surface area contributed by atoms with Gasteiger partial charge < -0.3 is 9.47 Å². The van der Waals surface area contributed by atoms with Crippen LogP contribution in [0.25, 0.3) is 0 Å². The monoisotopic (exact) mass is 201 g/mol. The molecule has 0 aliphatic carbocycles. The van der Waals surface area contributed by atoms with E-state index in [4.69, 9.17) is 4.74 Å². The summed E-state index contributed by atoms with van der Waals surface area (Å²) in [7, 11) is 1.43. The zero-order valence-electron chi connectivity index (χ0n) is 8.99. The average Bonchev–Trinajstić information content (AvgIpc) is 2.69. The molecule has 0 aromatic heterocycles. The number of nitrogens with zero attached hydrogens (tertiary/aromatic N) is 1. The molecule has 0 radical (unpaired) electrons. The number of methoxy groups -OCH3 is 1. The minimum absolute atomic E-state index is 0.161. The first-order valence-corrected chi connectivity index (χ1v) is 5.13. The van der Waals surface area contributed by atoms with Crippen molar-refractivity contribution in [1.82, 2.24) is 4.90 Å². The van der Waals surface area contributed by atoms with E-state index in [9.17, 15) is 4.79 Å². The van der Waals surface area contributed by atoms with Crippen LogP contribution in [0.2, 0.25) is 0 Å². The molecule has 82 valence electrons. The highest BCUT2D eigenvalue weighted by atomic mass is 16.5. The van der Waals surface area contributed by atoms with Crippen molar-refractivity contribution in [2.45, 2.75) is 13.3 Å². The van der Waals surface area contributed by atoms with E-state index in [1.54, 1.807) is 0 Å². The number of carbonyl (C=O) groups is 1. The van der Waals surface area contributed by atoms with E-state index < -0.39 is 0 Å². The van der Waals surface area contributed by atoms with Crippen molar-refractivity contribution in [3.63, 3.8) is 0 Å². The predicted octanol–water partition coefficient (Wildman–Crippen LogP) is 0.518. The maximum Gasteiger partial charge on any atom is 0.319 e. The van der Waals surface area contributed by atoms with Crippen molar-refractivity contribution < 1.29 is 14.3 Å². The lowest BCUT2D eigenvalue weighted by Crippen LogP contribution is -2.34. The van der Waals surface area contributed by atoms with Crippen LogP contribution in [0.4, 0.5) is 0 Å². The van der Waals surface area contributed by atoms with Crippen molar-refractivity contribution in [2.24, 2.45) is 5.92 Å². The van der Waals surface area contributed by atoms with Gasteiger partial charge in [0.25, 0.3) is 0 Å². The molecule has 4 nitrogen and oxygen atoms in total. The number of hydrogen-bond donors (Lipinski definition) is 0. The van der Waals surface area contributed by atoms with Gasteiger partial charge in [-0.1, -0.05) is 6.92 Å². The van der Waals surface area contributed by atoms with Crippen molar-refractivity contribution in [3.8, 4) is 0 Å². The first kappa shape index (κ1) is 11.5. The Bertz CT molecular complexity index is 178. The van der Waals surface area contributed by atoms with Crippen LogP contribution in [0.5, 0.6) is 0 Å². The average molecular weight is 201 g/mol. The summed E-state index contributed by atoms with van der Waals surface area (Å²) in [5.74, 6) is 0.422. The number of esters is 1. The molecule has 1 aliphatic rings. The Morgan fingerprint density at radius 3 is 2.93 bits per heavy atom. The SMILES string of the molecule is CCN(CC(=O)OC)CC1CCOC1. The van der Waals surface area contributed by atoms with Gasteiger partial charge in [0.15, 0.2) is 0 Å². The third kappa shape index (κ3) is 3.64. The summed E-state index contributed by atoms with van der Waals surface area (Å²) in [6.07, 6.45) is 1.11. The molecule has 0 aromatic carbocycles. The van der Waals surface area contributed by atoms with Crippen LogP contribution >= 0.6 is 0 Å². The quantitative estimate of drug-likeness (QED) is 0.608. The van der Waals surface area contributed by atoms with Gasteiger partial charge in [-0.15, -0.1) is 0 Å².